The molecule has 1 heterocycles. The van der Waals surface area contributed by atoms with E-state index in [1.165, 1.54) is 14.2 Å². The average Bonchev–Trinajstić information content (AvgIpc) is 2.43. The first kappa shape index (κ1) is 14.1. The summed E-state index contributed by atoms with van der Waals surface area (Å²) < 4.78 is 9.29. The number of nitrogens with zero attached hydrogens (tertiary/aromatic N) is 2. The van der Waals surface area contributed by atoms with Gasteiger partial charge in [-0.15, -0.1) is 0 Å². The monoisotopic (exact) mass is 252 g/mol. The van der Waals surface area contributed by atoms with Crippen molar-refractivity contribution in [2.24, 2.45) is 0 Å². The van der Waals surface area contributed by atoms with Crippen molar-refractivity contribution in [1.82, 2.24) is 9.97 Å². The Balaban J connectivity index is 3.41. The Bertz CT molecular complexity index is 428. The van der Waals surface area contributed by atoms with Gasteiger partial charge in [-0.3, -0.25) is 0 Å². The predicted molar refractivity (Wildman–Crippen MR) is 63.5 cm³/mol. The first-order valence-electron chi connectivity index (χ1n) is 5.65. The van der Waals surface area contributed by atoms with E-state index in [2.05, 4.69) is 19.4 Å². The highest BCUT2D eigenvalue weighted by Gasteiger charge is 2.21. The van der Waals surface area contributed by atoms with Crippen LogP contribution < -0.4 is 0 Å². The van der Waals surface area contributed by atoms with Crippen LogP contribution in [0.25, 0.3) is 0 Å². The molecule has 1 aromatic heterocycles. The number of carbonyl (C=O) groups is 2. The summed E-state index contributed by atoms with van der Waals surface area (Å²) in [6.45, 7) is 3.65. The largest absolute Gasteiger partial charge is 0.464 e. The second-order valence-electron chi connectivity index (χ2n) is 3.50. The zero-order chi connectivity index (χ0) is 13.7. The van der Waals surface area contributed by atoms with Crippen molar-refractivity contribution in [3.63, 3.8) is 0 Å². The van der Waals surface area contributed by atoms with Crippen molar-refractivity contribution in [1.29, 1.82) is 0 Å². The molecular weight excluding hydrogens is 236 g/mol. The number of hydrogen-bond donors (Lipinski definition) is 0. The van der Waals surface area contributed by atoms with Crippen molar-refractivity contribution < 1.29 is 19.1 Å². The number of methoxy groups -OCH3 is 2. The molecule has 0 aliphatic heterocycles. The number of rotatable bonds is 4. The normalized spacial score (nSPS) is 10.0. The van der Waals surface area contributed by atoms with E-state index in [1.54, 1.807) is 0 Å². The van der Waals surface area contributed by atoms with Crippen LogP contribution >= 0.6 is 0 Å². The Labute approximate surface area is 105 Å². The molecule has 0 aliphatic rings. The molecule has 0 saturated carbocycles. The van der Waals surface area contributed by atoms with Gasteiger partial charge in [-0.2, -0.15) is 0 Å². The number of esters is 2. The van der Waals surface area contributed by atoms with E-state index in [-0.39, 0.29) is 11.4 Å². The van der Waals surface area contributed by atoms with Crippen LogP contribution in [0.1, 0.15) is 46.2 Å². The molecule has 0 radical (unpaired) electrons. The third kappa shape index (κ3) is 2.64. The zero-order valence-corrected chi connectivity index (χ0v) is 10.9. The van der Waals surface area contributed by atoms with Gasteiger partial charge in [0.2, 0.25) is 0 Å². The van der Waals surface area contributed by atoms with E-state index in [0.717, 1.165) is 0 Å². The highest BCUT2D eigenvalue weighted by atomic mass is 16.5. The molecule has 6 nitrogen and oxygen atoms in total. The molecule has 0 unspecified atom stereocenters. The van der Waals surface area contributed by atoms with Gasteiger partial charge >= 0.3 is 11.9 Å². The van der Waals surface area contributed by atoms with Crippen LogP contribution in [0, 0.1) is 0 Å². The smallest absolute Gasteiger partial charge is 0.358 e. The number of ether oxygens (including phenoxy) is 2. The summed E-state index contributed by atoms with van der Waals surface area (Å²) in [5.41, 5.74) is 1.17. The number of carbonyl (C=O) groups excluding carboxylic acids is 2. The summed E-state index contributed by atoms with van der Waals surface area (Å²) in [4.78, 5) is 31.5. The minimum atomic E-state index is -0.550. The van der Waals surface area contributed by atoms with Crippen LogP contribution in [0.5, 0.6) is 0 Å². The van der Waals surface area contributed by atoms with E-state index >= 15 is 0 Å². The lowest BCUT2D eigenvalue weighted by Crippen LogP contribution is -2.18. The fraction of sp³-hybridized carbons (Fsp3) is 0.500. The van der Waals surface area contributed by atoms with Crippen LogP contribution in [0.3, 0.4) is 0 Å². The molecule has 1 aromatic rings. The van der Waals surface area contributed by atoms with E-state index in [0.29, 0.717) is 24.2 Å². The maximum atomic E-state index is 11.6. The van der Waals surface area contributed by atoms with Crippen molar-refractivity contribution in [3.8, 4) is 0 Å². The van der Waals surface area contributed by atoms with Crippen LogP contribution in [0.4, 0.5) is 0 Å². The predicted octanol–water partition coefficient (Wildman–Crippen LogP) is 1.17. The van der Waals surface area contributed by atoms with Crippen molar-refractivity contribution in [2.75, 3.05) is 14.2 Å². The van der Waals surface area contributed by atoms with Crippen molar-refractivity contribution in [3.05, 3.63) is 22.8 Å². The van der Waals surface area contributed by atoms with Crippen LogP contribution in [0.15, 0.2) is 0 Å². The van der Waals surface area contributed by atoms with E-state index < -0.39 is 11.9 Å². The van der Waals surface area contributed by atoms with Gasteiger partial charge in [-0.05, 0) is 12.8 Å². The molecule has 98 valence electrons. The highest BCUT2D eigenvalue weighted by molar-refractivity contribution is 5.91. The molecular formula is C12H16N2O4. The Morgan fingerprint density at radius 2 is 1.22 bits per heavy atom. The van der Waals surface area contributed by atoms with Crippen molar-refractivity contribution in [2.45, 2.75) is 26.7 Å². The van der Waals surface area contributed by atoms with Crippen LogP contribution in [-0.4, -0.2) is 36.1 Å². The fourth-order valence-corrected chi connectivity index (χ4v) is 1.52. The molecule has 0 aromatic carbocycles. The third-order valence-corrected chi connectivity index (χ3v) is 2.47. The SMILES string of the molecule is CCc1nc(C(=O)OC)c(CC)nc1C(=O)OC. The highest BCUT2D eigenvalue weighted by Crippen LogP contribution is 2.13. The molecule has 0 N–H and O–H groups in total. The summed E-state index contributed by atoms with van der Waals surface area (Å²) >= 11 is 0. The maximum Gasteiger partial charge on any atom is 0.358 e. The van der Waals surface area contributed by atoms with Crippen LogP contribution in [0.2, 0.25) is 0 Å². The Morgan fingerprint density at radius 3 is 1.44 bits per heavy atom. The minimum absolute atomic E-state index is 0.157. The van der Waals surface area contributed by atoms with E-state index in [1.807, 2.05) is 13.8 Å². The molecule has 0 amide bonds. The standard InChI is InChI=1S/C12H16N2O4/c1-5-7-9(11(15)17-3)14-8(6-2)10(13-7)12(16)18-4/h5-6H2,1-4H3. The van der Waals surface area contributed by atoms with Gasteiger partial charge in [0, 0.05) is 0 Å². The molecule has 18 heavy (non-hydrogen) atoms. The Morgan fingerprint density at radius 1 is 0.889 bits per heavy atom. The molecule has 0 bridgehead atoms. The number of aromatic nitrogens is 2. The Hall–Kier alpha value is -1.98. The molecule has 0 fully saturated rings. The van der Waals surface area contributed by atoms with Gasteiger partial charge in [-0.1, -0.05) is 13.8 Å². The van der Waals surface area contributed by atoms with Crippen molar-refractivity contribution >= 4 is 11.9 Å². The fourth-order valence-electron chi connectivity index (χ4n) is 1.52. The maximum absolute atomic E-state index is 11.6. The van der Waals surface area contributed by atoms with Gasteiger partial charge in [0.1, 0.15) is 0 Å². The summed E-state index contributed by atoms with van der Waals surface area (Å²) in [6.07, 6.45) is 0.955. The first-order chi connectivity index (χ1) is 8.58. The lowest BCUT2D eigenvalue weighted by atomic mass is 10.2. The lowest BCUT2D eigenvalue weighted by molar-refractivity contribution is 0.0572. The van der Waals surface area contributed by atoms with Gasteiger partial charge in [-0.25, -0.2) is 19.6 Å². The summed E-state index contributed by atoms with van der Waals surface area (Å²) in [5, 5.41) is 0. The van der Waals surface area contributed by atoms with E-state index in [4.69, 9.17) is 0 Å². The zero-order valence-electron chi connectivity index (χ0n) is 10.9. The molecule has 1 rings (SSSR count). The summed E-state index contributed by atoms with van der Waals surface area (Å²) in [6, 6.07) is 0. The quantitative estimate of drug-likeness (QED) is 0.748. The van der Waals surface area contributed by atoms with E-state index in [9.17, 15) is 9.59 Å². The topological polar surface area (TPSA) is 78.4 Å². The number of aryl methyl sites for hydroxylation is 2. The summed E-state index contributed by atoms with van der Waals surface area (Å²) in [7, 11) is 2.56. The second kappa shape index (κ2) is 6.09. The third-order valence-electron chi connectivity index (χ3n) is 2.47. The molecule has 0 spiro atoms. The number of hydrogen-bond acceptors (Lipinski definition) is 6. The Kier molecular flexibility index (Phi) is 4.76. The second-order valence-corrected chi connectivity index (χ2v) is 3.50. The first-order valence-corrected chi connectivity index (χ1v) is 5.65. The molecule has 6 heteroatoms. The van der Waals surface area contributed by atoms with Gasteiger partial charge in [0.15, 0.2) is 11.4 Å². The van der Waals surface area contributed by atoms with Gasteiger partial charge in [0.25, 0.3) is 0 Å². The van der Waals surface area contributed by atoms with Gasteiger partial charge in [0.05, 0.1) is 25.6 Å². The molecule has 0 atom stereocenters. The lowest BCUT2D eigenvalue weighted by Gasteiger charge is -2.10. The summed E-state index contributed by atoms with van der Waals surface area (Å²) in [5.74, 6) is -1.10. The molecule has 0 aliphatic carbocycles. The minimum Gasteiger partial charge on any atom is -0.464 e. The van der Waals surface area contributed by atoms with Gasteiger partial charge < -0.3 is 9.47 Å². The average molecular weight is 252 g/mol. The molecule has 0 saturated heterocycles. The van der Waals surface area contributed by atoms with Crippen LogP contribution in [-0.2, 0) is 22.3 Å².